The number of fused-ring (bicyclic) bond motifs is 1. The molecule has 1 aliphatic carbocycles. The van der Waals surface area contributed by atoms with Crippen molar-refractivity contribution < 1.29 is 4.74 Å². The summed E-state index contributed by atoms with van der Waals surface area (Å²) < 4.78 is 6.91. The van der Waals surface area contributed by atoms with Crippen molar-refractivity contribution in [3.05, 3.63) is 54.9 Å². The Kier molecular flexibility index (Phi) is 3.71. The molecule has 0 unspecified atom stereocenters. The number of ether oxygens (including phenoxy) is 1. The van der Waals surface area contributed by atoms with E-state index in [4.69, 9.17) is 14.8 Å². The normalized spacial score (nSPS) is 13.7. The van der Waals surface area contributed by atoms with Crippen LogP contribution in [0.15, 0.2) is 54.9 Å². The minimum atomic E-state index is 0.492. The molecule has 4 aromatic rings. The van der Waals surface area contributed by atoms with E-state index in [1.807, 2.05) is 42.5 Å². The molecule has 27 heavy (non-hydrogen) atoms. The standard InChI is InChI=1S/C20H18N6O/c1-27-15-8-4-13(5-9-15)19-18(17-3-2-11-22-26(17)25-19)16-10-12-21-20(24-16)23-14-6-7-14/h2-5,8-12,14H,6-7H2,1H3,(H,21,23,24). The lowest BCUT2D eigenvalue weighted by Gasteiger charge is -2.07. The van der Waals surface area contributed by atoms with Crippen LogP contribution in [-0.2, 0) is 0 Å². The molecular formula is C20H18N6O. The molecular weight excluding hydrogens is 340 g/mol. The Hall–Kier alpha value is -3.48. The van der Waals surface area contributed by atoms with Crippen molar-refractivity contribution in [1.82, 2.24) is 24.8 Å². The number of aromatic nitrogens is 5. The first kappa shape index (κ1) is 15.7. The van der Waals surface area contributed by atoms with Crippen LogP contribution in [-0.4, -0.2) is 37.9 Å². The Bertz CT molecular complexity index is 1100. The van der Waals surface area contributed by atoms with Gasteiger partial charge < -0.3 is 10.1 Å². The minimum absolute atomic E-state index is 0.492. The summed E-state index contributed by atoms with van der Waals surface area (Å²) in [6.45, 7) is 0. The van der Waals surface area contributed by atoms with Crippen LogP contribution in [0.2, 0.25) is 0 Å². The fourth-order valence-electron chi connectivity index (χ4n) is 3.07. The average Bonchev–Trinajstić information content (AvgIpc) is 3.44. The number of nitrogens with zero attached hydrogens (tertiary/aromatic N) is 5. The molecule has 0 atom stereocenters. The van der Waals surface area contributed by atoms with Gasteiger partial charge in [-0.1, -0.05) is 0 Å². The van der Waals surface area contributed by atoms with Gasteiger partial charge in [0.25, 0.3) is 0 Å². The Morgan fingerprint density at radius 2 is 1.93 bits per heavy atom. The van der Waals surface area contributed by atoms with Gasteiger partial charge in [-0.2, -0.15) is 9.73 Å². The van der Waals surface area contributed by atoms with Crippen LogP contribution in [0.3, 0.4) is 0 Å². The summed E-state index contributed by atoms with van der Waals surface area (Å²) in [6.07, 6.45) is 5.85. The number of nitrogens with one attached hydrogen (secondary N) is 1. The first-order chi connectivity index (χ1) is 13.3. The molecule has 3 heterocycles. The van der Waals surface area contributed by atoms with Gasteiger partial charge in [0.2, 0.25) is 5.95 Å². The minimum Gasteiger partial charge on any atom is -0.497 e. The van der Waals surface area contributed by atoms with Gasteiger partial charge in [0.1, 0.15) is 11.4 Å². The van der Waals surface area contributed by atoms with Crippen molar-refractivity contribution in [3.63, 3.8) is 0 Å². The zero-order valence-electron chi connectivity index (χ0n) is 14.8. The third-order valence-corrected chi connectivity index (χ3v) is 4.61. The molecule has 1 aliphatic rings. The zero-order valence-corrected chi connectivity index (χ0v) is 14.8. The van der Waals surface area contributed by atoms with Gasteiger partial charge in [0.15, 0.2) is 0 Å². The summed E-state index contributed by atoms with van der Waals surface area (Å²) in [5.41, 5.74) is 4.47. The van der Waals surface area contributed by atoms with Gasteiger partial charge in [0.05, 0.1) is 23.9 Å². The van der Waals surface area contributed by atoms with Crippen LogP contribution < -0.4 is 10.1 Å². The highest BCUT2D eigenvalue weighted by molar-refractivity contribution is 5.90. The molecule has 1 saturated carbocycles. The van der Waals surface area contributed by atoms with Crippen LogP contribution in [0.25, 0.3) is 28.0 Å². The molecule has 7 nitrogen and oxygen atoms in total. The number of hydrogen-bond donors (Lipinski definition) is 1. The van der Waals surface area contributed by atoms with Crippen LogP contribution in [0.4, 0.5) is 5.95 Å². The highest BCUT2D eigenvalue weighted by Gasteiger charge is 2.23. The summed E-state index contributed by atoms with van der Waals surface area (Å²) in [5, 5.41) is 12.4. The fourth-order valence-corrected chi connectivity index (χ4v) is 3.07. The van der Waals surface area contributed by atoms with E-state index in [0.717, 1.165) is 33.8 Å². The number of methoxy groups -OCH3 is 1. The summed E-state index contributed by atoms with van der Waals surface area (Å²) >= 11 is 0. The quantitative estimate of drug-likeness (QED) is 0.589. The Morgan fingerprint density at radius 1 is 1.07 bits per heavy atom. The second kappa shape index (κ2) is 6.35. The third kappa shape index (κ3) is 2.97. The van der Waals surface area contributed by atoms with Crippen LogP contribution in [0.5, 0.6) is 5.75 Å². The molecule has 1 N–H and O–H groups in total. The third-order valence-electron chi connectivity index (χ3n) is 4.61. The lowest BCUT2D eigenvalue weighted by atomic mass is 10.0. The summed E-state index contributed by atoms with van der Waals surface area (Å²) in [7, 11) is 1.66. The lowest BCUT2D eigenvalue weighted by molar-refractivity contribution is 0.415. The second-order valence-corrected chi connectivity index (χ2v) is 6.53. The summed E-state index contributed by atoms with van der Waals surface area (Å²) in [6, 6.07) is 14.2. The molecule has 134 valence electrons. The van der Waals surface area contributed by atoms with E-state index in [1.165, 1.54) is 12.8 Å². The van der Waals surface area contributed by atoms with Gasteiger partial charge in [-0.15, -0.1) is 5.10 Å². The van der Waals surface area contributed by atoms with Crippen molar-refractivity contribution >= 4 is 11.5 Å². The molecule has 0 aliphatic heterocycles. The fraction of sp³-hybridized carbons (Fsp3) is 0.200. The monoisotopic (exact) mass is 358 g/mol. The largest absolute Gasteiger partial charge is 0.497 e. The highest BCUT2D eigenvalue weighted by Crippen LogP contribution is 2.35. The van der Waals surface area contributed by atoms with E-state index < -0.39 is 0 Å². The molecule has 0 spiro atoms. The van der Waals surface area contributed by atoms with Crippen molar-refractivity contribution in [2.75, 3.05) is 12.4 Å². The van der Waals surface area contributed by atoms with Crippen molar-refractivity contribution in [2.45, 2.75) is 18.9 Å². The zero-order chi connectivity index (χ0) is 18.2. The number of anilines is 1. The molecule has 1 fully saturated rings. The Labute approximate surface area is 156 Å². The van der Waals surface area contributed by atoms with E-state index in [-0.39, 0.29) is 0 Å². The van der Waals surface area contributed by atoms with Gasteiger partial charge in [-0.05, 0) is 55.3 Å². The SMILES string of the molecule is COc1ccc(-c2nn3ncccc3c2-c2ccnc(NC3CC3)n2)cc1. The first-order valence-electron chi connectivity index (χ1n) is 8.90. The number of rotatable bonds is 5. The maximum absolute atomic E-state index is 5.27. The predicted molar refractivity (Wildman–Crippen MR) is 103 cm³/mol. The van der Waals surface area contributed by atoms with Gasteiger partial charge in [0, 0.05) is 24.0 Å². The topological polar surface area (TPSA) is 77.2 Å². The predicted octanol–water partition coefficient (Wildman–Crippen LogP) is 3.44. The summed E-state index contributed by atoms with van der Waals surface area (Å²) in [5.74, 6) is 1.46. The van der Waals surface area contributed by atoms with Crippen molar-refractivity contribution in [3.8, 4) is 28.3 Å². The van der Waals surface area contributed by atoms with Crippen LogP contribution in [0.1, 0.15) is 12.8 Å². The smallest absolute Gasteiger partial charge is 0.223 e. The highest BCUT2D eigenvalue weighted by atomic mass is 16.5. The molecule has 0 amide bonds. The maximum atomic E-state index is 5.27. The summed E-state index contributed by atoms with van der Waals surface area (Å²) in [4.78, 5) is 9.09. The van der Waals surface area contributed by atoms with E-state index >= 15 is 0 Å². The van der Waals surface area contributed by atoms with Crippen LogP contribution >= 0.6 is 0 Å². The Morgan fingerprint density at radius 3 is 2.70 bits per heavy atom. The average molecular weight is 358 g/mol. The molecule has 0 bridgehead atoms. The van der Waals surface area contributed by atoms with Gasteiger partial charge in [-0.3, -0.25) is 0 Å². The van der Waals surface area contributed by atoms with Gasteiger partial charge >= 0.3 is 0 Å². The van der Waals surface area contributed by atoms with Gasteiger partial charge in [-0.25, -0.2) is 9.97 Å². The van der Waals surface area contributed by atoms with E-state index in [2.05, 4.69) is 15.4 Å². The maximum Gasteiger partial charge on any atom is 0.223 e. The number of benzene rings is 1. The van der Waals surface area contributed by atoms with Crippen molar-refractivity contribution in [1.29, 1.82) is 0 Å². The Balaban J connectivity index is 1.67. The van der Waals surface area contributed by atoms with E-state index in [0.29, 0.717) is 12.0 Å². The molecule has 3 aromatic heterocycles. The van der Waals surface area contributed by atoms with E-state index in [1.54, 1.807) is 24.1 Å². The second-order valence-electron chi connectivity index (χ2n) is 6.53. The molecule has 0 radical (unpaired) electrons. The number of hydrogen-bond acceptors (Lipinski definition) is 6. The van der Waals surface area contributed by atoms with E-state index in [9.17, 15) is 0 Å². The first-order valence-corrected chi connectivity index (χ1v) is 8.90. The molecule has 0 saturated heterocycles. The molecule has 5 rings (SSSR count). The molecule has 1 aromatic carbocycles. The van der Waals surface area contributed by atoms with Crippen molar-refractivity contribution in [2.24, 2.45) is 0 Å². The lowest BCUT2D eigenvalue weighted by Crippen LogP contribution is -2.05. The molecule has 7 heteroatoms. The van der Waals surface area contributed by atoms with Crippen LogP contribution in [0, 0.1) is 0 Å².